The van der Waals surface area contributed by atoms with Crippen molar-refractivity contribution in [2.45, 2.75) is 98.9 Å². The second kappa shape index (κ2) is 15.3. The van der Waals surface area contributed by atoms with Crippen LogP contribution in [0.15, 0.2) is 11.8 Å². The van der Waals surface area contributed by atoms with Gasteiger partial charge in [0.2, 0.25) is 5.91 Å². The first kappa shape index (κ1) is 35.5. The molecule has 1 amide bonds. The molecule has 0 aromatic carbocycles. The van der Waals surface area contributed by atoms with Crippen molar-refractivity contribution in [3.8, 4) is 0 Å². The van der Waals surface area contributed by atoms with E-state index in [0.29, 0.717) is 12.2 Å². The van der Waals surface area contributed by atoms with E-state index in [4.69, 9.17) is 36.5 Å². The molecule has 0 bridgehead atoms. The van der Waals surface area contributed by atoms with E-state index in [2.05, 4.69) is 16.0 Å². The predicted octanol–water partition coefficient (Wildman–Crippen LogP) is -5.63. The number of carbonyl (C=O) groups is 2. The zero-order chi connectivity index (χ0) is 32.1. The Hall–Kier alpha value is -2.00. The molecule has 0 radical (unpaired) electrons. The maximum Gasteiger partial charge on any atom is 0.333 e. The van der Waals surface area contributed by atoms with Crippen LogP contribution in [0.4, 0.5) is 0 Å². The van der Waals surface area contributed by atoms with Crippen molar-refractivity contribution < 1.29 is 54.4 Å². The maximum absolute atomic E-state index is 12.7. The summed E-state index contributed by atoms with van der Waals surface area (Å²) < 4.78 is 17.9. The number of amides is 1. The number of rotatable bonds is 13. The molecule has 15 N–H and O–H groups in total. The normalized spacial score (nSPS) is 39.7. The van der Waals surface area contributed by atoms with Crippen LogP contribution in [0, 0.1) is 5.92 Å². The Balaban J connectivity index is 1.82. The third-order valence-electron chi connectivity index (χ3n) is 8.28. The molecule has 1 aliphatic carbocycles. The SMILES string of the molecule is CN[C@@H]1[C@@H](O)[C@@H](O[C@H]2[C@H](NC(=O)[C@@H](O)CCN)C[C@H](N)C([C@H]3OC(CNC[C@H](O)C(=O)O)=CC[C@H]3N)[C@@H]2O)OC[C@]1(C)O. The van der Waals surface area contributed by atoms with Crippen molar-refractivity contribution in [1.29, 1.82) is 0 Å². The van der Waals surface area contributed by atoms with E-state index in [1.54, 1.807) is 13.1 Å². The van der Waals surface area contributed by atoms with Crippen molar-refractivity contribution in [2.75, 3.05) is 33.3 Å². The van der Waals surface area contributed by atoms with E-state index < -0.39 is 90.5 Å². The number of hydrogen-bond donors (Lipinski definition) is 12. The van der Waals surface area contributed by atoms with Gasteiger partial charge in [0.05, 0.1) is 31.3 Å². The molecule has 3 aliphatic rings. The second-order valence-corrected chi connectivity index (χ2v) is 11.7. The minimum Gasteiger partial charge on any atom is -0.492 e. The highest BCUT2D eigenvalue weighted by molar-refractivity contribution is 5.80. The van der Waals surface area contributed by atoms with E-state index in [0.717, 1.165) is 0 Å². The van der Waals surface area contributed by atoms with Crippen molar-refractivity contribution in [3.05, 3.63) is 11.8 Å². The average Bonchev–Trinajstić information content (AvgIpc) is 2.93. The molecular formula is C26H48N6O11. The Bertz CT molecular complexity index is 974. The number of aliphatic carboxylic acids is 1. The summed E-state index contributed by atoms with van der Waals surface area (Å²) in [6.45, 7) is 1.21. The lowest BCUT2D eigenvalue weighted by Gasteiger charge is -2.50. The van der Waals surface area contributed by atoms with Crippen LogP contribution in [0.2, 0.25) is 0 Å². The lowest BCUT2D eigenvalue weighted by Crippen LogP contribution is -2.69. The van der Waals surface area contributed by atoms with Crippen molar-refractivity contribution in [3.63, 3.8) is 0 Å². The van der Waals surface area contributed by atoms with Gasteiger partial charge in [0.15, 0.2) is 12.4 Å². The van der Waals surface area contributed by atoms with Crippen molar-refractivity contribution >= 4 is 11.9 Å². The first-order valence-corrected chi connectivity index (χ1v) is 14.4. The zero-order valence-corrected chi connectivity index (χ0v) is 24.4. The first-order valence-electron chi connectivity index (χ1n) is 14.4. The largest absolute Gasteiger partial charge is 0.492 e. The molecule has 1 saturated carbocycles. The van der Waals surface area contributed by atoms with E-state index in [1.807, 2.05) is 0 Å². The predicted molar refractivity (Wildman–Crippen MR) is 150 cm³/mol. The van der Waals surface area contributed by atoms with Gasteiger partial charge >= 0.3 is 5.97 Å². The van der Waals surface area contributed by atoms with Gasteiger partial charge in [-0.1, -0.05) is 0 Å². The lowest BCUT2D eigenvalue weighted by atomic mass is 9.72. The monoisotopic (exact) mass is 620 g/mol. The molecule has 1 unspecified atom stereocenters. The van der Waals surface area contributed by atoms with Gasteiger partial charge in [0.25, 0.3) is 0 Å². The van der Waals surface area contributed by atoms with Crippen LogP contribution in [0.25, 0.3) is 0 Å². The molecule has 43 heavy (non-hydrogen) atoms. The van der Waals surface area contributed by atoms with E-state index >= 15 is 0 Å². The van der Waals surface area contributed by atoms with Crippen molar-refractivity contribution in [1.82, 2.24) is 16.0 Å². The Morgan fingerprint density at radius 3 is 2.51 bits per heavy atom. The number of carboxylic acid groups (broad SMARTS) is 1. The molecule has 0 aromatic heterocycles. The summed E-state index contributed by atoms with van der Waals surface area (Å²) in [5.74, 6) is -2.54. The highest BCUT2D eigenvalue weighted by Gasteiger charge is 2.53. The van der Waals surface area contributed by atoms with E-state index in [1.165, 1.54) is 6.92 Å². The summed E-state index contributed by atoms with van der Waals surface area (Å²) in [6.07, 6.45) is -7.03. The number of likely N-dealkylation sites (N-methyl/N-ethyl adjacent to an activating group) is 1. The number of aliphatic hydroxyl groups is 5. The molecule has 2 aliphatic heterocycles. The highest BCUT2D eigenvalue weighted by Crippen LogP contribution is 2.36. The fourth-order valence-corrected chi connectivity index (χ4v) is 5.95. The molecule has 1 saturated heterocycles. The van der Waals surface area contributed by atoms with Gasteiger partial charge in [-0.15, -0.1) is 0 Å². The Morgan fingerprint density at radius 1 is 1.19 bits per heavy atom. The summed E-state index contributed by atoms with van der Waals surface area (Å²) in [4.78, 5) is 23.6. The number of ether oxygens (including phenoxy) is 3. The quantitative estimate of drug-likeness (QED) is 0.0913. The van der Waals surface area contributed by atoms with E-state index in [9.17, 15) is 35.1 Å². The summed E-state index contributed by atoms with van der Waals surface area (Å²) in [6, 6.07) is -3.15. The fraction of sp³-hybridized carbons (Fsp3) is 0.846. The molecule has 3 rings (SSSR count). The standard InChI is InChI=1S/C26H48N6O11/c1-26(40)10-41-25(19(36)22(26)30-2)43-21-14(32-23(37)15(33)5-6-27)7-13(29)17(18(21)35)20-12(28)4-3-11(42-20)8-31-9-16(34)24(38)39/h3,12-22,25,30-31,33-36,40H,4-10,27-29H2,1-2H3,(H,32,37)(H,38,39)/t12-,13+,14-,15+,16+,17?,18+,19-,20+,21+,22-,25-,26+/m1/s1. The molecular weight excluding hydrogens is 572 g/mol. The number of hydrogen-bond acceptors (Lipinski definition) is 15. The van der Waals surface area contributed by atoms with Crippen molar-refractivity contribution in [2.24, 2.45) is 23.1 Å². The molecule has 17 heteroatoms. The van der Waals surface area contributed by atoms with Gasteiger partial charge in [-0.3, -0.25) is 4.79 Å². The molecule has 17 nitrogen and oxygen atoms in total. The van der Waals surface area contributed by atoms with Crippen LogP contribution in [-0.4, -0.2) is 148 Å². The van der Waals surface area contributed by atoms with Crippen LogP contribution in [-0.2, 0) is 23.8 Å². The number of carboxylic acids is 1. The van der Waals surface area contributed by atoms with Crippen LogP contribution in [0.3, 0.4) is 0 Å². The minimum atomic E-state index is -1.60. The van der Waals surface area contributed by atoms with Gasteiger partial charge in [0, 0.05) is 24.5 Å². The zero-order valence-electron chi connectivity index (χ0n) is 24.4. The first-order chi connectivity index (χ1) is 20.2. The molecule has 0 aromatic rings. The van der Waals surface area contributed by atoms with Crippen LogP contribution in [0.1, 0.15) is 26.2 Å². The number of nitrogens with two attached hydrogens (primary N) is 3. The smallest absolute Gasteiger partial charge is 0.333 e. The minimum absolute atomic E-state index is 0.00208. The van der Waals surface area contributed by atoms with Crippen LogP contribution < -0.4 is 33.2 Å². The van der Waals surface area contributed by atoms with Gasteiger partial charge < -0.3 is 78.0 Å². The summed E-state index contributed by atoms with van der Waals surface area (Å²) in [5, 5.41) is 70.2. The van der Waals surface area contributed by atoms with Crippen LogP contribution in [0.5, 0.6) is 0 Å². The van der Waals surface area contributed by atoms with Gasteiger partial charge in [0.1, 0.15) is 35.8 Å². The highest BCUT2D eigenvalue weighted by atomic mass is 16.7. The summed E-state index contributed by atoms with van der Waals surface area (Å²) in [5.41, 5.74) is 17.0. The van der Waals surface area contributed by atoms with E-state index in [-0.39, 0.29) is 39.1 Å². The van der Waals surface area contributed by atoms with Crippen LogP contribution >= 0.6 is 0 Å². The average molecular weight is 621 g/mol. The molecule has 13 atom stereocenters. The Labute approximate surface area is 249 Å². The molecule has 0 spiro atoms. The third kappa shape index (κ3) is 8.59. The third-order valence-corrected chi connectivity index (χ3v) is 8.28. The topological polar surface area (TPSA) is 297 Å². The van der Waals surface area contributed by atoms with Gasteiger partial charge in [-0.2, -0.15) is 0 Å². The Kier molecular flexibility index (Phi) is 12.6. The number of carbonyl (C=O) groups excluding carboxylic acids is 1. The second-order valence-electron chi connectivity index (χ2n) is 11.7. The number of aliphatic hydroxyl groups excluding tert-OH is 4. The molecule has 2 fully saturated rings. The Morgan fingerprint density at radius 2 is 1.88 bits per heavy atom. The molecule has 2 heterocycles. The lowest BCUT2D eigenvalue weighted by molar-refractivity contribution is -0.297. The fourth-order valence-electron chi connectivity index (χ4n) is 5.95. The maximum atomic E-state index is 12.7. The molecule has 248 valence electrons. The number of nitrogens with one attached hydrogen (secondary N) is 3. The summed E-state index contributed by atoms with van der Waals surface area (Å²) >= 11 is 0. The summed E-state index contributed by atoms with van der Waals surface area (Å²) in [7, 11) is 1.56. The van der Waals surface area contributed by atoms with Gasteiger partial charge in [-0.05, 0) is 45.9 Å². The van der Waals surface area contributed by atoms with Gasteiger partial charge in [-0.25, -0.2) is 4.79 Å².